The highest BCUT2D eigenvalue weighted by atomic mass is 16.4. The molecule has 0 radical (unpaired) electrons. The number of tetrazole rings is 1. The smallest absolute Gasteiger partial charge is 0.331 e. The van der Waals surface area contributed by atoms with E-state index in [1.165, 1.54) is 4.68 Å². The molecule has 6 heteroatoms. The molecule has 2 rings (SSSR count). The van der Waals surface area contributed by atoms with Crippen LogP contribution in [0.25, 0.3) is 0 Å². The minimum atomic E-state index is -1.16. The van der Waals surface area contributed by atoms with Gasteiger partial charge in [0, 0.05) is 0 Å². The van der Waals surface area contributed by atoms with E-state index in [0.717, 1.165) is 5.56 Å². The highest BCUT2D eigenvalue weighted by Gasteiger charge is 2.41. The first-order valence-corrected chi connectivity index (χ1v) is 6.92. The van der Waals surface area contributed by atoms with Crippen LogP contribution in [0.15, 0.2) is 30.3 Å². The quantitative estimate of drug-likeness (QED) is 0.912. The van der Waals surface area contributed by atoms with Gasteiger partial charge in [-0.15, -0.1) is 5.10 Å². The van der Waals surface area contributed by atoms with Gasteiger partial charge in [0.15, 0.2) is 11.4 Å². The summed E-state index contributed by atoms with van der Waals surface area (Å²) < 4.78 is 1.43. The van der Waals surface area contributed by atoms with Crippen molar-refractivity contribution in [1.82, 2.24) is 20.2 Å². The van der Waals surface area contributed by atoms with Crippen LogP contribution >= 0.6 is 0 Å². The SMILES string of the molecule is CCC(C)(C(=O)O)n1nnnc1C(C)(C)c1ccccc1. The zero-order valence-corrected chi connectivity index (χ0v) is 12.7. The summed E-state index contributed by atoms with van der Waals surface area (Å²) in [4.78, 5) is 11.6. The Labute approximate surface area is 123 Å². The molecule has 6 nitrogen and oxygen atoms in total. The maximum absolute atomic E-state index is 11.6. The topological polar surface area (TPSA) is 80.9 Å². The number of carboxylic acid groups (broad SMARTS) is 1. The second-order valence-electron chi connectivity index (χ2n) is 5.84. The third-order valence-corrected chi connectivity index (χ3v) is 4.14. The Morgan fingerprint density at radius 2 is 1.86 bits per heavy atom. The minimum absolute atomic E-state index is 0.394. The lowest BCUT2D eigenvalue weighted by Crippen LogP contribution is -2.42. The first kappa shape index (κ1) is 15.2. The summed E-state index contributed by atoms with van der Waals surface area (Å²) in [7, 11) is 0. The number of hydrogen-bond donors (Lipinski definition) is 1. The molecule has 0 amide bonds. The number of aliphatic carboxylic acids is 1. The van der Waals surface area contributed by atoms with Crippen molar-refractivity contribution in [3.05, 3.63) is 41.7 Å². The van der Waals surface area contributed by atoms with Crippen LogP contribution in [-0.4, -0.2) is 31.3 Å². The van der Waals surface area contributed by atoms with E-state index in [1.54, 1.807) is 6.92 Å². The highest BCUT2D eigenvalue weighted by Crippen LogP contribution is 2.32. The molecule has 0 spiro atoms. The van der Waals surface area contributed by atoms with E-state index in [2.05, 4.69) is 15.5 Å². The molecule has 0 saturated carbocycles. The molecule has 2 aromatic rings. The van der Waals surface area contributed by atoms with Gasteiger partial charge in [-0.25, -0.2) is 9.48 Å². The lowest BCUT2D eigenvalue weighted by molar-refractivity contribution is -0.147. The normalized spacial score (nSPS) is 14.7. The van der Waals surface area contributed by atoms with Crippen molar-refractivity contribution < 1.29 is 9.90 Å². The molecule has 0 aliphatic carbocycles. The summed E-state index contributed by atoms with van der Waals surface area (Å²) in [5.41, 5.74) is -0.619. The van der Waals surface area contributed by atoms with Crippen LogP contribution in [0.1, 0.15) is 45.5 Å². The van der Waals surface area contributed by atoms with Crippen molar-refractivity contribution in [2.45, 2.75) is 45.1 Å². The van der Waals surface area contributed by atoms with Crippen molar-refractivity contribution in [2.75, 3.05) is 0 Å². The largest absolute Gasteiger partial charge is 0.479 e. The van der Waals surface area contributed by atoms with E-state index < -0.39 is 16.9 Å². The number of carbonyl (C=O) groups is 1. The van der Waals surface area contributed by atoms with E-state index >= 15 is 0 Å². The molecule has 1 heterocycles. The maximum atomic E-state index is 11.6. The van der Waals surface area contributed by atoms with Crippen LogP contribution < -0.4 is 0 Å². The molecule has 0 saturated heterocycles. The number of hydrogen-bond acceptors (Lipinski definition) is 4. The average Bonchev–Trinajstić information content (AvgIpc) is 2.97. The van der Waals surface area contributed by atoms with Gasteiger partial charge in [0.25, 0.3) is 0 Å². The van der Waals surface area contributed by atoms with Gasteiger partial charge < -0.3 is 5.11 Å². The van der Waals surface area contributed by atoms with Crippen molar-refractivity contribution in [3.8, 4) is 0 Å². The van der Waals surface area contributed by atoms with Crippen LogP contribution in [0.3, 0.4) is 0 Å². The molecule has 0 fully saturated rings. The fourth-order valence-electron chi connectivity index (χ4n) is 2.28. The molecule has 0 bridgehead atoms. The molecule has 1 aromatic heterocycles. The molecule has 112 valence electrons. The first-order valence-electron chi connectivity index (χ1n) is 6.92. The number of aromatic nitrogens is 4. The predicted molar refractivity (Wildman–Crippen MR) is 78.0 cm³/mol. The van der Waals surface area contributed by atoms with E-state index in [9.17, 15) is 9.90 Å². The Morgan fingerprint density at radius 1 is 1.24 bits per heavy atom. The summed E-state index contributed by atoms with van der Waals surface area (Å²) in [6.07, 6.45) is 0.394. The minimum Gasteiger partial charge on any atom is -0.479 e. The monoisotopic (exact) mass is 288 g/mol. The number of rotatable bonds is 5. The van der Waals surface area contributed by atoms with Gasteiger partial charge in [0.1, 0.15) is 0 Å². The number of benzene rings is 1. The van der Waals surface area contributed by atoms with Crippen LogP contribution in [0, 0.1) is 0 Å². The second kappa shape index (κ2) is 5.27. The molecular formula is C15H20N4O2. The fraction of sp³-hybridized carbons (Fsp3) is 0.467. The molecule has 0 aliphatic rings. The third kappa shape index (κ3) is 2.41. The summed E-state index contributed by atoms with van der Waals surface area (Å²) in [5, 5.41) is 21.3. The molecule has 1 unspecified atom stereocenters. The van der Waals surface area contributed by atoms with Crippen molar-refractivity contribution in [1.29, 1.82) is 0 Å². The van der Waals surface area contributed by atoms with Gasteiger partial charge in [0.05, 0.1) is 5.41 Å². The Hall–Kier alpha value is -2.24. The molecule has 1 N–H and O–H groups in total. The Morgan fingerprint density at radius 3 is 2.38 bits per heavy atom. The van der Waals surface area contributed by atoms with E-state index in [0.29, 0.717) is 12.2 Å². The van der Waals surface area contributed by atoms with Gasteiger partial charge in [-0.3, -0.25) is 0 Å². The maximum Gasteiger partial charge on any atom is 0.331 e. The summed E-state index contributed by atoms with van der Waals surface area (Å²) in [6, 6.07) is 9.81. The molecule has 1 aromatic carbocycles. The van der Waals surface area contributed by atoms with Gasteiger partial charge in [-0.05, 0) is 43.2 Å². The molecule has 0 aliphatic heterocycles. The average molecular weight is 288 g/mol. The number of nitrogens with zero attached hydrogens (tertiary/aromatic N) is 4. The van der Waals surface area contributed by atoms with E-state index in [4.69, 9.17) is 0 Å². The summed E-state index contributed by atoms with van der Waals surface area (Å²) >= 11 is 0. The molecule has 21 heavy (non-hydrogen) atoms. The van der Waals surface area contributed by atoms with Crippen molar-refractivity contribution in [2.24, 2.45) is 0 Å². The van der Waals surface area contributed by atoms with Gasteiger partial charge in [-0.1, -0.05) is 37.3 Å². The Balaban J connectivity index is 2.58. The van der Waals surface area contributed by atoms with Crippen molar-refractivity contribution in [3.63, 3.8) is 0 Å². The van der Waals surface area contributed by atoms with E-state index in [-0.39, 0.29) is 0 Å². The van der Waals surface area contributed by atoms with Gasteiger partial charge in [0.2, 0.25) is 0 Å². The molecular weight excluding hydrogens is 268 g/mol. The second-order valence-corrected chi connectivity index (χ2v) is 5.84. The first-order chi connectivity index (χ1) is 9.84. The summed E-state index contributed by atoms with van der Waals surface area (Å²) in [5.74, 6) is -0.400. The van der Waals surface area contributed by atoms with Crippen LogP contribution in [-0.2, 0) is 15.7 Å². The zero-order chi connectivity index (χ0) is 15.7. The third-order valence-electron chi connectivity index (χ3n) is 4.14. The lowest BCUT2D eigenvalue weighted by atomic mass is 9.83. The standard InChI is InChI=1S/C15H20N4O2/c1-5-15(4,13(20)21)19-12(16-17-18-19)14(2,3)11-9-7-6-8-10-11/h6-10H,5H2,1-4H3,(H,20,21). The van der Waals surface area contributed by atoms with Crippen LogP contribution in [0.4, 0.5) is 0 Å². The Bertz CT molecular complexity index is 636. The van der Waals surface area contributed by atoms with E-state index in [1.807, 2.05) is 51.1 Å². The lowest BCUT2D eigenvalue weighted by Gasteiger charge is -2.30. The Kier molecular flexibility index (Phi) is 3.80. The number of carboxylic acids is 1. The molecule has 1 atom stereocenters. The summed E-state index contributed by atoms with van der Waals surface area (Å²) in [6.45, 7) is 7.43. The van der Waals surface area contributed by atoms with Crippen LogP contribution in [0.5, 0.6) is 0 Å². The highest BCUT2D eigenvalue weighted by molar-refractivity contribution is 5.76. The fourth-order valence-corrected chi connectivity index (χ4v) is 2.28. The predicted octanol–water partition coefficient (Wildman–Crippen LogP) is 2.21. The van der Waals surface area contributed by atoms with Crippen molar-refractivity contribution >= 4 is 5.97 Å². The van der Waals surface area contributed by atoms with Gasteiger partial charge >= 0.3 is 5.97 Å². The van der Waals surface area contributed by atoms with Gasteiger partial charge in [-0.2, -0.15) is 0 Å². The van der Waals surface area contributed by atoms with Crippen LogP contribution in [0.2, 0.25) is 0 Å². The zero-order valence-electron chi connectivity index (χ0n) is 12.7.